The molecule has 2 N–H and O–H groups in total. The van der Waals surface area contributed by atoms with Crippen LogP contribution >= 0.6 is 12.2 Å². The number of hydrogen-bond donors (Lipinski definition) is 1. The molecule has 0 unspecified atom stereocenters. The second kappa shape index (κ2) is 7.31. The van der Waals surface area contributed by atoms with Crippen molar-refractivity contribution in [3.05, 3.63) is 23.9 Å². The molecule has 0 aliphatic heterocycles. The average molecular weight is 265 g/mol. The fraction of sp³-hybridized carbons (Fsp3) is 0.571. The van der Waals surface area contributed by atoms with Crippen LogP contribution in [0.5, 0.6) is 0 Å². The lowest BCUT2D eigenvalue weighted by atomic mass is 10.2. The highest BCUT2D eigenvalue weighted by molar-refractivity contribution is 7.80. The molecular weight excluding hydrogens is 242 g/mol. The van der Waals surface area contributed by atoms with Gasteiger partial charge in [-0.25, -0.2) is 4.98 Å². The van der Waals surface area contributed by atoms with Crippen molar-refractivity contribution < 1.29 is 0 Å². The van der Waals surface area contributed by atoms with E-state index in [1.165, 1.54) is 19.3 Å². The standard InChI is InChI=1S/C14H23N3S/c1-4-5-6-9-17(11(2)3)13-8-7-12(10-16-13)14(15)18/h7-8,10-11H,4-6,9H2,1-3H3,(H2,15,18). The van der Waals surface area contributed by atoms with Gasteiger partial charge in [0, 0.05) is 24.3 Å². The van der Waals surface area contributed by atoms with Gasteiger partial charge in [0.25, 0.3) is 0 Å². The first-order valence-electron chi connectivity index (χ1n) is 6.58. The monoisotopic (exact) mass is 265 g/mol. The van der Waals surface area contributed by atoms with E-state index in [1.807, 2.05) is 12.1 Å². The summed E-state index contributed by atoms with van der Waals surface area (Å²) in [7, 11) is 0. The highest BCUT2D eigenvalue weighted by atomic mass is 32.1. The van der Waals surface area contributed by atoms with Crippen molar-refractivity contribution in [2.45, 2.75) is 46.1 Å². The molecule has 0 saturated heterocycles. The third kappa shape index (κ3) is 4.26. The van der Waals surface area contributed by atoms with E-state index in [4.69, 9.17) is 18.0 Å². The van der Waals surface area contributed by atoms with Crippen LogP contribution in [0.4, 0.5) is 5.82 Å². The van der Waals surface area contributed by atoms with Crippen LogP contribution in [0.2, 0.25) is 0 Å². The predicted molar refractivity (Wildman–Crippen MR) is 82.1 cm³/mol. The third-order valence-electron chi connectivity index (χ3n) is 2.95. The zero-order valence-electron chi connectivity index (χ0n) is 11.5. The second-order valence-electron chi connectivity index (χ2n) is 4.76. The minimum absolute atomic E-state index is 0.399. The van der Waals surface area contributed by atoms with Crippen molar-refractivity contribution in [1.82, 2.24) is 4.98 Å². The minimum atomic E-state index is 0.399. The summed E-state index contributed by atoms with van der Waals surface area (Å²) >= 11 is 4.93. The number of nitrogens with zero attached hydrogens (tertiary/aromatic N) is 2. The lowest BCUT2D eigenvalue weighted by Crippen LogP contribution is -2.32. The first-order chi connectivity index (χ1) is 8.56. The molecule has 1 rings (SSSR count). The molecule has 0 atom stereocenters. The van der Waals surface area contributed by atoms with Crippen LogP contribution in [0.15, 0.2) is 18.3 Å². The van der Waals surface area contributed by atoms with Crippen molar-refractivity contribution in [2.24, 2.45) is 5.73 Å². The van der Waals surface area contributed by atoms with Gasteiger partial charge in [0.05, 0.1) is 0 Å². The lowest BCUT2D eigenvalue weighted by molar-refractivity contribution is 0.620. The van der Waals surface area contributed by atoms with E-state index in [0.29, 0.717) is 11.0 Å². The van der Waals surface area contributed by atoms with Crippen molar-refractivity contribution in [3.8, 4) is 0 Å². The molecule has 1 aromatic rings. The Hall–Kier alpha value is -1.16. The fourth-order valence-corrected chi connectivity index (χ4v) is 1.99. The van der Waals surface area contributed by atoms with Gasteiger partial charge in [0.15, 0.2) is 0 Å². The SMILES string of the molecule is CCCCCN(c1ccc(C(N)=S)cn1)C(C)C. The zero-order valence-corrected chi connectivity index (χ0v) is 12.3. The summed E-state index contributed by atoms with van der Waals surface area (Å²) in [6, 6.07) is 4.39. The Balaban J connectivity index is 2.75. The Morgan fingerprint density at radius 1 is 1.39 bits per heavy atom. The summed E-state index contributed by atoms with van der Waals surface area (Å²) in [6.07, 6.45) is 5.45. The first kappa shape index (κ1) is 14.9. The lowest BCUT2D eigenvalue weighted by Gasteiger charge is -2.28. The van der Waals surface area contributed by atoms with Gasteiger partial charge in [-0.1, -0.05) is 32.0 Å². The molecular formula is C14H23N3S. The topological polar surface area (TPSA) is 42.1 Å². The van der Waals surface area contributed by atoms with Gasteiger partial charge in [-0.2, -0.15) is 0 Å². The normalized spacial score (nSPS) is 10.7. The maximum Gasteiger partial charge on any atom is 0.128 e. The summed E-state index contributed by atoms with van der Waals surface area (Å²) in [5.41, 5.74) is 6.40. The molecule has 0 bridgehead atoms. The highest BCUT2D eigenvalue weighted by Crippen LogP contribution is 2.15. The van der Waals surface area contributed by atoms with E-state index in [-0.39, 0.29) is 0 Å². The van der Waals surface area contributed by atoms with E-state index >= 15 is 0 Å². The Morgan fingerprint density at radius 3 is 2.56 bits per heavy atom. The van der Waals surface area contributed by atoms with E-state index in [2.05, 4.69) is 30.7 Å². The Labute approximate surface area is 115 Å². The van der Waals surface area contributed by atoms with Gasteiger partial charge in [-0.05, 0) is 32.4 Å². The van der Waals surface area contributed by atoms with Crippen LogP contribution in [0.25, 0.3) is 0 Å². The van der Waals surface area contributed by atoms with Gasteiger partial charge in [0.2, 0.25) is 0 Å². The summed E-state index contributed by atoms with van der Waals surface area (Å²) in [5.74, 6) is 1.00. The van der Waals surface area contributed by atoms with E-state index in [0.717, 1.165) is 17.9 Å². The van der Waals surface area contributed by atoms with Crippen molar-refractivity contribution >= 4 is 23.0 Å². The molecule has 0 aromatic carbocycles. The first-order valence-corrected chi connectivity index (χ1v) is 6.99. The van der Waals surface area contributed by atoms with Gasteiger partial charge < -0.3 is 10.6 Å². The molecule has 0 aliphatic rings. The van der Waals surface area contributed by atoms with E-state index in [9.17, 15) is 0 Å². The predicted octanol–water partition coefficient (Wildman–Crippen LogP) is 3.12. The smallest absolute Gasteiger partial charge is 0.128 e. The molecule has 100 valence electrons. The number of rotatable bonds is 7. The summed E-state index contributed by atoms with van der Waals surface area (Å²) in [4.78, 5) is 7.18. The fourth-order valence-electron chi connectivity index (χ4n) is 1.87. The van der Waals surface area contributed by atoms with Crippen LogP contribution in [0.1, 0.15) is 45.6 Å². The molecule has 1 aromatic heterocycles. The van der Waals surface area contributed by atoms with Crippen molar-refractivity contribution in [3.63, 3.8) is 0 Å². The second-order valence-corrected chi connectivity index (χ2v) is 5.20. The molecule has 18 heavy (non-hydrogen) atoms. The zero-order chi connectivity index (χ0) is 13.5. The Kier molecular flexibility index (Phi) is 6.05. The number of anilines is 1. The van der Waals surface area contributed by atoms with Crippen LogP contribution in [0.3, 0.4) is 0 Å². The molecule has 0 radical (unpaired) electrons. The summed E-state index contributed by atoms with van der Waals surface area (Å²) in [6.45, 7) is 7.64. The maximum absolute atomic E-state index is 5.58. The van der Waals surface area contributed by atoms with Crippen molar-refractivity contribution in [1.29, 1.82) is 0 Å². The number of nitrogens with two attached hydrogens (primary N) is 1. The minimum Gasteiger partial charge on any atom is -0.389 e. The molecule has 4 heteroatoms. The summed E-state index contributed by atoms with van der Waals surface area (Å²) in [5, 5.41) is 0. The number of thiocarbonyl (C=S) groups is 1. The molecule has 3 nitrogen and oxygen atoms in total. The van der Waals surface area contributed by atoms with Crippen LogP contribution in [-0.2, 0) is 0 Å². The molecule has 0 amide bonds. The molecule has 1 heterocycles. The molecule has 0 saturated carbocycles. The number of unbranched alkanes of at least 4 members (excludes halogenated alkanes) is 2. The van der Waals surface area contributed by atoms with E-state index in [1.54, 1.807) is 6.20 Å². The van der Waals surface area contributed by atoms with Crippen LogP contribution in [0, 0.1) is 0 Å². The Bertz CT molecular complexity index is 373. The number of pyridine rings is 1. The Morgan fingerprint density at radius 2 is 2.11 bits per heavy atom. The molecule has 0 spiro atoms. The quantitative estimate of drug-likeness (QED) is 0.607. The van der Waals surface area contributed by atoms with Gasteiger partial charge in [0.1, 0.15) is 10.8 Å². The third-order valence-corrected chi connectivity index (χ3v) is 3.19. The van der Waals surface area contributed by atoms with Crippen LogP contribution < -0.4 is 10.6 Å². The molecule has 0 fully saturated rings. The maximum atomic E-state index is 5.58. The van der Waals surface area contributed by atoms with Gasteiger partial charge in [-0.3, -0.25) is 0 Å². The average Bonchev–Trinajstić information content (AvgIpc) is 2.34. The largest absolute Gasteiger partial charge is 0.389 e. The van der Waals surface area contributed by atoms with Crippen molar-refractivity contribution in [2.75, 3.05) is 11.4 Å². The van der Waals surface area contributed by atoms with Gasteiger partial charge in [-0.15, -0.1) is 0 Å². The number of hydrogen-bond acceptors (Lipinski definition) is 3. The van der Waals surface area contributed by atoms with Crippen LogP contribution in [-0.4, -0.2) is 22.6 Å². The van der Waals surface area contributed by atoms with E-state index < -0.39 is 0 Å². The molecule has 0 aliphatic carbocycles. The highest BCUT2D eigenvalue weighted by Gasteiger charge is 2.11. The van der Waals surface area contributed by atoms with Gasteiger partial charge >= 0.3 is 0 Å². The summed E-state index contributed by atoms with van der Waals surface area (Å²) < 4.78 is 0. The number of aromatic nitrogens is 1.